The van der Waals surface area contributed by atoms with E-state index in [1.807, 2.05) is 45.0 Å². The molecule has 0 fully saturated rings. The summed E-state index contributed by atoms with van der Waals surface area (Å²) in [6.07, 6.45) is 1.61. The van der Waals surface area contributed by atoms with Gasteiger partial charge in [0.05, 0.1) is 24.0 Å². The van der Waals surface area contributed by atoms with Crippen LogP contribution in [-0.4, -0.2) is 17.0 Å². The molecule has 116 valence electrons. The van der Waals surface area contributed by atoms with Crippen LogP contribution in [0.5, 0.6) is 5.75 Å². The maximum Gasteiger partial charge on any atom is 0.270 e. The first-order valence-corrected chi connectivity index (χ1v) is 7.24. The molecule has 3 N–H and O–H groups in total. The molecule has 1 aromatic carbocycles. The van der Waals surface area contributed by atoms with Gasteiger partial charge in [0.25, 0.3) is 5.91 Å². The van der Waals surface area contributed by atoms with Crippen molar-refractivity contribution in [3.63, 3.8) is 0 Å². The molecule has 1 heterocycles. The fourth-order valence-electron chi connectivity index (χ4n) is 2.00. The third-order valence-electron chi connectivity index (χ3n) is 3.12. The highest BCUT2D eigenvalue weighted by atomic mass is 16.5. The number of anilines is 1. The predicted octanol–water partition coefficient (Wildman–Crippen LogP) is 2.94. The Kier molecular flexibility index (Phi) is 4.99. The van der Waals surface area contributed by atoms with Gasteiger partial charge in [0.1, 0.15) is 11.4 Å². The first-order valence-electron chi connectivity index (χ1n) is 7.24. The molecule has 5 heteroatoms. The number of aromatic nitrogens is 1. The number of rotatable bonds is 5. The molecule has 22 heavy (non-hydrogen) atoms. The topological polar surface area (TPSA) is 77.2 Å². The fraction of sp³-hybridized carbons (Fsp3) is 0.294. The van der Waals surface area contributed by atoms with Crippen LogP contribution in [0.15, 0.2) is 42.6 Å². The van der Waals surface area contributed by atoms with Crippen molar-refractivity contribution < 1.29 is 9.53 Å². The second kappa shape index (κ2) is 6.93. The molecule has 0 bridgehead atoms. The van der Waals surface area contributed by atoms with E-state index in [2.05, 4.69) is 10.3 Å². The number of nitrogens with one attached hydrogen (secondary N) is 1. The summed E-state index contributed by atoms with van der Waals surface area (Å²) in [6.45, 7) is 5.89. The Morgan fingerprint density at radius 3 is 2.36 bits per heavy atom. The zero-order chi connectivity index (χ0) is 16.1. The van der Waals surface area contributed by atoms with Crippen LogP contribution in [0.2, 0.25) is 0 Å². The van der Waals surface area contributed by atoms with E-state index in [4.69, 9.17) is 10.5 Å². The molecule has 2 rings (SSSR count). The summed E-state index contributed by atoms with van der Waals surface area (Å²) in [6, 6.07) is 10.8. The monoisotopic (exact) mass is 299 g/mol. The first kappa shape index (κ1) is 15.8. The molecular formula is C17H21N3O2. The van der Waals surface area contributed by atoms with Gasteiger partial charge in [-0.25, -0.2) is 4.98 Å². The molecule has 0 aliphatic heterocycles. The van der Waals surface area contributed by atoms with Gasteiger partial charge in [0.15, 0.2) is 0 Å². The highest BCUT2D eigenvalue weighted by Crippen LogP contribution is 2.19. The molecule has 0 spiro atoms. The number of amides is 1. The van der Waals surface area contributed by atoms with Crippen molar-refractivity contribution in [1.82, 2.24) is 10.3 Å². The van der Waals surface area contributed by atoms with Crippen molar-refractivity contribution in [1.29, 1.82) is 0 Å². The Balaban J connectivity index is 2.00. The lowest BCUT2D eigenvalue weighted by atomic mass is 10.1. The lowest BCUT2D eigenvalue weighted by molar-refractivity contribution is 0.0935. The number of pyridine rings is 1. The molecule has 0 saturated carbocycles. The molecule has 0 aliphatic carbocycles. The average molecular weight is 299 g/mol. The molecule has 0 saturated heterocycles. The second-order valence-corrected chi connectivity index (χ2v) is 5.41. The van der Waals surface area contributed by atoms with E-state index in [9.17, 15) is 4.79 Å². The molecule has 0 aliphatic rings. The first-order chi connectivity index (χ1) is 10.5. The quantitative estimate of drug-likeness (QED) is 0.890. The molecule has 1 aromatic heterocycles. The van der Waals surface area contributed by atoms with Crippen molar-refractivity contribution in [3.8, 4) is 5.75 Å². The molecule has 1 amide bonds. The van der Waals surface area contributed by atoms with Crippen molar-refractivity contribution in [2.75, 3.05) is 5.73 Å². The van der Waals surface area contributed by atoms with E-state index in [1.54, 1.807) is 12.1 Å². The molecule has 0 radical (unpaired) electrons. The van der Waals surface area contributed by atoms with Gasteiger partial charge in [-0.05, 0) is 50.6 Å². The summed E-state index contributed by atoms with van der Waals surface area (Å²) in [4.78, 5) is 16.1. The predicted molar refractivity (Wildman–Crippen MR) is 86.7 cm³/mol. The highest BCUT2D eigenvalue weighted by Gasteiger charge is 2.12. The molecule has 2 aromatic rings. The number of carbonyl (C=O) groups excluding carboxylic acids is 1. The number of nitrogens with two attached hydrogens (primary N) is 1. The van der Waals surface area contributed by atoms with Gasteiger partial charge in [-0.3, -0.25) is 4.79 Å². The van der Waals surface area contributed by atoms with Crippen molar-refractivity contribution in [3.05, 3.63) is 53.9 Å². The minimum absolute atomic E-state index is 0.125. The maximum absolute atomic E-state index is 12.1. The van der Waals surface area contributed by atoms with Crippen LogP contribution < -0.4 is 15.8 Å². The van der Waals surface area contributed by atoms with Crippen molar-refractivity contribution >= 4 is 11.6 Å². The van der Waals surface area contributed by atoms with Crippen LogP contribution in [0.3, 0.4) is 0 Å². The fourth-order valence-corrected chi connectivity index (χ4v) is 2.00. The van der Waals surface area contributed by atoms with Crippen molar-refractivity contribution in [2.24, 2.45) is 0 Å². The number of hydrogen-bond donors (Lipinski definition) is 2. The maximum atomic E-state index is 12.1. The van der Waals surface area contributed by atoms with Gasteiger partial charge in [-0.1, -0.05) is 12.1 Å². The molecule has 1 unspecified atom stereocenters. The minimum atomic E-state index is -0.227. The SMILES string of the molecule is CC(C)Oc1ccc(C(C)NC(=O)c2ccc(N)cn2)cc1. The Morgan fingerprint density at radius 2 is 1.82 bits per heavy atom. The molecular weight excluding hydrogens is 278 g/mol. The Hall–Kier alpha value is -2.56. The van der Waals surface area contributed by atoms with Crippen LogP contribution in [0.1, 0.15) is 42.9 Å². The molecule has 5 nitrogen and oxygen atoms in total. The second-order valence-electron chi connectivity index (χ2n) is 5.41. The van der Waals surface area contributed by atoms with E-state index in [-0.39, 0.29) is 18.1 Å². The Morgan fingerprint density at radius 1 is 1.14 bits per heavy atom. The zero-order valence-corrected chi connectivity index (χ0v) is 13.0. The van der Waals surface area contributed by atoms with E-state index in [0.29, 0.717) is 11.4 Å². The number of hydrogen-bond acceptors (Lipinski definition) is 4. The van der Waals surface area contributed by atoms with Gasteiger partial charge < -0.3 is 15.8 Å². The number of nitrogen functional groups attached to an aromatic ring is 1. The third-order valence-corrected chi connectivity index (χ3v) is 3.12. The highest BCUT2D eigenvalue weighted by molar-refractivity contribution is 5.92. The van der Waals surface area contributed by atoms with Crippen LogP contribution >= 0.6 is 0 Å². The van der Waals surface area contributed by atoms with Gasteiger partial charge in [0.2, 0.25) is 0 Å². The minimum Gasteiger partial charge on any atom is -0.491 e. The summed E-state index contributed by atoms with van der Waals surface area (Å²) in [7, 11) is 0. The van der Waals surface area contributed by atoms with Crippen LogP contribution in [0.4, 0.5) is 5.69 Å². The summed E-state index contributed by atoms with van der Waals surface area (Å²) in [5.74, 6) is 0.590. The standard InChI is InChI=1S/C17H21N3O2/c1-11(2)22-15-7-4-13(5-8-15)12(3)20-17(21)16-9-6-14(18)10-19-16/h4-12H,18H2,1-3H3,(H,20,21). The summed E-state index contributed by atoms with van der Waals surface area (Å²) >= 11 is 0. The summed E-state index contributed by atoms with van der Waals surface area (Å²) in [5, 5.41) is 2.91. The lowest BCUT2D eigenvalue weighted by Gasteiger charge is -2.15. The summed E-state index contributed by atoms with van der Waals surface area (Å²) < 4.78 is 5.60. The largest absolute Gasteiger partial charge is 0.491 e. The van der Waals surface area contributed by atoms with Gasteiger partial charge in [0, 0.05) is 0 Å². The lowest BCUT2D eigenvalue weighted by Crippen LogP contribution is -2.27. The summed E-state index contributed by atoms with van der Waals surface area (Å²) in [5.41, 5.74) is 7.44. The number of nitrogens with zero attached hydrogens (tertiary/aromatic N) is 1. The average Bonchev–Trinajstić information content (AvgIpc) is 2.48. The Bertz CT molecular complexity index is 621. The molecule has 1 atom stereocenters. The van der Waals surface area contributed by atoms with Crippen LogP contribution in [0.25, 0.3) is 0 Å². The van der Waals surface area contributed by atoms with Gasteiger partial charge in [-0.15, -0.1) is 0 Å². The van der Waals surface area contributed by atoms with Crippen LogP contribution in [-0.2, 0) is 0 Å². The van der Waals surface area contributed by atoms with E-state index >= 15 is 0 Å². The third kappa shape index (κ3) is 4.22. The number of benzene rings is 1. The number of carbonyl (C=O) groups is 1. The normalized spacial score (nSPS) is 12.0. The van der Waals surface area contributed by atoms with E-state index in [1.165, 1.54) is 6.20 Å². The zero-order valence-electron chi connectivity index (χ0n) is 13.0. The van der Waals surface area contributed by atoms with Gasteiger partial charge in [-0.2, -0.15) is 0 Å². The van der Waals surface area contributed by atoms with E-state index < -0.39 is 0 Å². The Labute approximate surface area is 130 Å². The van der Waals surface area contributed by atoms with Gasteiger partial charge >= 0.3 is 0 Å². The van der Waals surface area contributed by atoms with E-state index in [0.717, 1.165) is 11.3 Å². The van der Waals surface area contributed by atoms with Crippen LogP contribution in [0, 0.1) is 0 Å². The number of ether oxygens (including phenoxy) is 1. The van der Waals surface area contributed by atoms with Crippen molar-refractivity contribution in [2.45, 2.75) is 32.9 Å². The smallest absolute Gasteiger partial charge is 0.270 e.